The summed E-state index contributed by atoms with van der Waals surface area (Å²) in [6, 6.07) is 12.6. The zero-order valence-corrected chi connectivity index (χ0v) is 16.8. The number of nitrogens with zero attached hydrogens (tertiary/aromatic N) is 4. The van der Waals surface area contributed by atoms with Crippen molar-refractivity contribution in [3.63, 3.8) is 0 Å². The highest BCUT2D eigenvalue weighted by atomic mass is 35.5. The Hall–Kier alpha value is -2.70. The fourth-order valence-electron chi connectivity index (χ4n) is 4.10. The van der Waals surface area contributed by atoms with Crippen molar-refractivity contribution in [3.05, 3.63) is 65.3 Å². The standard InChI is InChI=1S/C22H21ClFN5/c1-14(22-26-19-4-2-15(23)12-20(19)27-22)28-8-10-29(11-9-28)21-6-7-25-18-5-3-16(24)13-17(18)21/h2-7,12-14H,8-11H2,1H3,(H,26,27)/t14-/m1/s1. The quantitative estimate of drug-likeness (QED) is 0.528. The number of aromatic nitrogens is 3. The zero-order valence-electron chi connectivity index (χ0n) is 16.1. The van der Waals surface area contributed by atoms with Crippen molar-refractivity contribution in [1.29, 1.82) is 0 Å². The summed E-state index contributed by atoms with van der Waals surface area (Å²) in [5, 5.41) is 1.57. The van der Waals surface area contributed by atoms with Crippen LogP contribution in [0.4, 0.5) is 10.1 Å². The van der Waals surface area contributed by atoms with Crippen molar-refractivity contribution in [1.82, 2.24) is 19.9 Å². The summed E-state index contributed by atoms with van der Waals surface area (Å²) in [4.78, 5) is 17.2. The van der Waals surface area contributed by atoms with E-state index in [2.05, 4.69) is 26.7 Å². The maximum atomic E-state index is 13.8. The van der Waals surface area contributed by atoms with Crippen LogP contribution in [0.15, 0.2) is 48.7 Å². The average Bonchev–Trinajstić information content (AvgIpc) is 3.16. The van der Waals surface area contributed by atoms with Gasteiger partial charge in [0.15, 0.2) is 0 Å². The molecule has 0 bridgehead atoms. The lowest BCUT2D eigenvalue weighted by atomic mass is 10.1. The summed E-state index contributed by atoms with van der Waals surface area (Å²) in [6.45, 7) is 5.71. The lowest BCUT2D eigenvalue weighted by molar-refractivity contribution is 0.193. The molecule has 1 fully saturated rings. The molecule has 0 amide bonds. The summed E-state index contributed by atoms with van der Waals surface area (Å²) in [7, 11) is 0. The Morgan fingerprint density at radius 2 is 1.83 bits per heavy atom. The third-order valence-electron chi connectivity index (χ3n) is 5.74. The van der Waals surface area contributed by atoms with E-state index >= 15 is 0 Å². The highest BCUT2D eigenvalue weighted by Gasteiger charge is 2.25. The molecule has 0 saturated carbocycles. The number of hydrogen-bond acceptors (Lipinski definition) is 4. The molecule has 1 aliphatic rings. The van der Waals surface area contributed by atoms with Gasteiger partial charge in [0.2, 0.25) is 0 Å². The average molecular weight is 410 g/mol. The second-order valence-corrected chi connectivity index (χ2v) is 7.91. The Balaban J connectivity index is 1.34. The van der Waals surface area contributed by atoms with Gasteiger partial charge in [-0.3, -0.25) is 9.88 Å². The minimum Gasteiger partial charge on any atom is -0.368 e. The highest BCUT2D eigenvalue weighted by molar-refractivity contribution is 6.31. The Morgan fingerprint density at radius 1 is 1.03 bits per heavy atom. The van der Waals surface area contributed by atoms with E-state index in [0.29, 0.717) is 5.02 Å². The number of piperazine rings is 1. The summed E-state index contributed by atoms with van der Waals surface area (Å²) >= 11 is 6.09. The van der Waals surface area contributed by atoms with E-state index in [9.17, 15) is 4.39 Å². The molecule has 1 saturated heterocycles. The molecular weight excluding hydrogens is 389 g/mol. The van der Waals surface area contributed by atoms with Gasteiger partial charge in [-0.05, 0) is 49.4 Å². The fraction of sp³-hybridized carbons (Fsp3) is 0.273. The van der Waals surface area contributed by atoms with Crippen molar-refractivity contribution < 1.29 is 4.39 Å². The molecular formula is C22H21ClFN5. The Bertz CT molecular complexity index is 1180. The van der Waals surface area contributed by atoms with Gasteiger partial charge in [-0.15, -0.1) is 0 Å². The number of imidazole rings is 1. The minimum absolute atomic E-state index is 0.176. The maximum Gasteiger partial charge on any atom is 0.124 e. The fourth-order valence-corrected chi connectivity index (χ4v) is 4.27. The molecule has 1 aliphatic heterocycles. The molecule has 1 atom stereocenters. The van der Waals surface area contributed by atoms with Crippen LogP contribution >= 0.6 is 11.6 Å². The molecule has 0 radical (unpaired) electrons. The summed E-state index contributed by atoms with van der Waals surface area (Å²) in [5.41, 5.74) is 3.75. The second-order valence-electron chi connectivity index (χ2n) is 7.47. The van der Waals surface area contributed by atoms with Gasteiger partial charge in [-0.2, -0.15) is 0 Å². The van der Waals surface area contributed by atoms with Crippen LogP contribution in [0.5, 0.6) is 0 Å². The molecule has 0 aliphatic carbocycles. The Kier molecular flexibility index (Phi) is 4.60. The number of anilines is 1. The molecule has 0 spiro atoms. The van der Waals surface area contributed by atoms with E-state index in [1.165, 1.54) is 6.07 Å². The number of nitrogens with one attached hydrogen (secondary N) is 1. The van der Waals surface area contributed by atoms with Gasteiger partial charge in [0.1, 0.15) is 11.6 Å². The second kappa shape index (κ2) is 7.28. The number of rotatable bonds is 3. The zero-order chi connectivity index (χ0) is 20.0. The molecule has 3 heterocycles. The summed E-state index contributed by atoms with van der Waals surface area (Å²) in [5.74, 6) is 0.719. The van der Waals surface area contributed by atoms with Crippen LogP contribution in [0.2, 0.25) is 5.02 Å². The lowest BCUT2D eigenvalue weighted by Gasteiger charge is -2.38. The van der Waals surface area contributed by atoms with Crippen LogP contribution in [0.25, 0.3) is 21.9 Å². The maximum absolute atomic E-state index is 13.8. The topological polar surface area (TPSA) is 48.1 Å². The normalized spacial score (nSPS) is 16.6. The third kappa shape index (κ3) is 3.43. The minimum atomic E-state index is -0.232. The molecule has 2 aromatic heterocycles. The first-order chi connectivity index (χ1) is 14.1. The van der Waals surface area contributed by atoms with E-state index in [4.69, 9.17) is 16.6 Å². The first-order valence-electron chi connectivity index (χ1n) is 9.77. The molecule has 7 heteroatoms. The first kappa shape index (κ1) is 18.3. The van der Waals surface area contributed by atoms with Gasteiger partial charge >= 0.3 is 0 Å². The third-order valence-corrected chi connectivity index (χ3v) is 5.98. The number of pyridine rings is 1. The Labute approximate surface area is 173 Å². The van der Waals surface area contributed by atoms with Crippen LogP contribution in [0.3, 0.4) is 0 Å². The van der Waals surface area contributed by atoms with Gasteiger partial charge < -0.3 is 9.88 Å². The molecule has 1 N–H and O–H groups in total. The molecule has 5 rings (SSSR count). The molecule has 4 aromatic rings. The molecule has 2 aromatic carbocycles. The van der Waals surface area contributed by atoms with Gasteiger partial charge in [0.25, 0.3) is 0 Å². The number of fused-ring (bicyclic) bond motifs is 2. The molecule has 0 unspecified atom stereocenters. The van der Waals surface area contributed by atoms with E-state index in [0.717, 1.165) is 59.6 Å². The lowest BCUT2D eigenvalue weighted by Crippen LogP contribution is -2.47. The van der Waals surface area contributed by atoms with Crippen LogP contribution in [-0.2, 0) is 0 Å². The van der Waals surface area contributed by atoms with E-state index in [-0.39, 0.29) is 11.9 Å². The SMILES string of the molecule is C[C@H](c1nc2ccc(Cl)cc2[nH]1)N1CCN(c2ccnc3ccc(F)cc23)CC1. The van der Waals surface area contributed by atoms with Crippen LogP contribution in [0.1, 0.15) is 18.8 Å². The van der Waals surface area contributed by atoms with Gasteiger partial charge in [0.05, 0.1) is 22.6 Å². The van der Waals surface area contributed by atoms with Gasteiger partial charge in [0, 0.05) is 48.5 Å². The van der Waals surface area contributed by atoms with Crippen LogP contribution < -0.4 is 4.90 Å². The molecule has 5 nitrogen and oxygen atoms in total. The largest absolute Gasteiger partial charge is 0.368 e. The van der Waals surface area contributed by atoms with Crippen molar-refractivity contribution in [3.8, 4) is 0 Å². The molecule has 29 heavy (non-hydrogen) atoms. The number of halogens is 2. The highest BCUT2D eigenvalue weighted by Crippen LogP contribution is 2.29. The van der Waals surface area contributed by atoms with Gasteiger partial charge in [-0.1, -0.05) is 11.6 Å². The smallest absolute Gasteiger partial charge is 0.124 e. The monoisotopic (exact) mass is 409 g/mol. The summed E-state index contributed by atoms with van der Waals surface area (Å²) < 4.78 is 13.8. The van der Waals surface area contributed by atoms with E-state index in [1.807, 2.05) is 24.3 Å². The van der Waals surface area contributed by atoms with E-state index < -0.39 is 0 Å². The number of aromatic amines is 1. The Morgan fingerprint density at radius 3 is 2.66 bits per heavy atom. The van der Waals surface area contributed by atoms with Crippen molar-refractivity contribution in [2.24, 2.45) is 0 Å². The van der Waals surface area contributed by atoms with Crippen molar-refractivity contribution in [2.75, 3.05) is 31.1 Å². The summed E-state index contributed by atoms with van der Waals surface area (Å²) in [6.07, 6.45) is 1.80. The number of hydrogen-bond donors (Lipinski definition) is 1. The van der Waals surface area contributed by atoms with Crippen molar-refractivity contribution >= 4 is 39.2 Å². The number of H-pyrrole nitrogens is 1. The number of benzene rings is 2. The van der Waals surface area contributed by atoms with Gasteiger partial charge in [-0.25, -0.2) is 9.37 Å². The van der Waals surface area contributed by atoms with E-state index in [1.54, 1.807) is 18.3 Å². The predicted octanol–water partition coefficient (Wildman–Crippen LogP) is 4.79. The van der Waals surface area contributed by atoms with Crippen molar-refractivity contribution in [2.45, 2.75) is 13.0 Å². The predicted molar refractivity (Wildman–Crippen MR) is 115 cm³/mol. The first-order valence-corrected chi connectivity index (χ1v) is 10.1. The van der Waals surface area contributed by atoms with Crippen LogP contribution in [-0.4, -0.2) is 46.0 Å². The molecule has 148 valence electrons. The van der Waals surface area contributed by atoms with Crippen LogP contribution in [0, 0.1) is 5.82 Å².